The molecule has 2 rings (SSSR count). The van der Waals surface area contributed by atoms with E-state index >= 15 is 0 Å². The zero-order valence-corrected chi connectivity index (χ0v) is 14.0. The van der Waals surface area contributed by atoms with Crippen molar-refractivity contribution in [2.24, 2.45) is 13.0 Å². The van der Waals surface area contributed by atoms with Crippen molar-refractivity contribution in [2.45, 2.75) is 26.2 Å². The number of nitrogens with one attached hydrogen (secondary N) is 1. The summed E-state index contributed by atoms with van der Waals surface area (Å²) >= 11 is 0. The fraction of sp³-hybridized carbons (Fsp3) is 0.688. The lowest BCUT2D eigenvalue weighted by Crippen LogP contribution is -2.41. The Morgan fingerprint density at radius 1 is 1.43 bits per heavy atom. The summed E-state index contributed by atoms with van der Waals surface area (Å²) in [6.07, 6.45) is 4.14. The first-order chi connectivity index (χ1) is 11.1. The van der Waals surface area contributed by atoms with Gasteiger partial charge in [0.2, 0.25) is 5.91 Å². The van der Waals surface area contributed by atoms with Crippen LogP contribution >= 0.6 is 0 Å². The van der Waals surface area contributed by atoms with E-state index in [0.717, 1.165) is 38.0 Å². The zero-order chi connectivity index (χ0) is 16.7. The lowest BCUT2D eigenvalue weighted by atomic mass is 9.95. The highest BCUT2D eigenvalue weighted by molar-refractivity contribution is 5.78. The molecule has 0 unspecified atom stereocenters. The number of carbonyl (C=O) groups excluding carboxylic acids is 1. The number of amides is 1. The quantitative estimate of drug-likeness (QED) is 0.742. The average Bonchev–Trinajstić information content (AvgIpc) is 2.57. The van der Waals surface area contributed by atoms with Gasteiger partial charge >= 0.3 is 0 Å². The van der Waals surface area contributed by atoms with Crippen LogP contribution in [0.15, 0.2) is 17.1 Å². The van der Waals surface area contributed by atoms with Crippen molar-refractivity contribution in [3.63, 3.8) is 0 Å². The summed E-state index contributed by atoms with van der Waals surface area (Å²) in [6.45, 7) is 5.56. The van der Waals surface area contributed by atoms with Gasteiger partial charge in [0.05, 0.1) is 11.9 Å². The van der Waals surface area contributed by atoms with Crippen LogP contribution in [0.1, 0.15) is 26.2 Å². The number of carbonyl (C=O) groups is 1. The monoisotopic (exact) mass is 322 g/mol. The van der Waals surface area contributed by atoms with E-state index in [0.29, 0.717) is 19.8 Å². The highest BCUT2D eigenvalue weighted by Crippen LogP contribution is 2.21. The van der Waals surface area contributed by atoms with Gasteiger partial charge in [0.25, 0.3) is 5.56 Å². The van der Waals surface area contributed by atoms with E-state index in [-0.39, 0.29) is 17.4 Å². The Balaban J connectivity index is 1.75. The van der Waals surface area contributed by atoms with E-state index in [1.807, 2.05) is 6.92 Å². The van der Waals surface area contributed by atoms with Crippen molar-refractivity contribution >= 4 is 11.6 Å². The molecule has 0 aromatic carbocycles. The van der Waals surface area contributed by atoms with E-state index in [9.17, 15) is 9.59 Å². The van der Waals surface area contributed by atoms with E-state index in [1.165, 1.54) is 4.68 Å². The summed E-state index contributed by atoms with van der Waals surface area (Å²) in [4.78, 5) is 25.9. The molecular formula is C16H26N4O3. The van der Waals surface area contributed by atoms with Crippen molar-refractivity contribution in [2.75, 3.05) is 37.7 Å². The van der Waals surface area contributed by atoms with Gasteiger partial charge in [0.15, 0.2) is 0 Å². The highest BCUT2D eigenvalue weighted by Gasteiger charge is 2.25. The Kier molecular flexibility index (Phi) is 6.58. The predicted octanol–water partition coefficient (Wildman–Crippen LogP) is 0.540. The molecule has 0 spiro atoms. The molecule has 1 aromatic rings. The van der Waals surface area contributed by atoms with Gasteiger partial charge in [-0.05, 0) is 26.2 Å². The molecule has 0 saturated carbocycles. The van der Waals surface area contributed by atoms with Crippen molar-refractivity contribution < 1.29 is 9.53 Å². The molecule has 0 atom stereocenters. The molecule has 7 nitrogen and oxygen atoms in total. The third-order valence-corrected chi connectivity index (χ3v) is 4.15. The van der Waals surface area contributed by atoms with Gasteiger partial charge in [-0.15, -0.1) is 0 Å². The minimum absolute atomic E-state index is 0.0536. The second-order valence-electron chi connectivity index (χ2n) is 5.78. The lowest BCUT2D eigenvalue weighted by molar-refractivity contribution is -0.125. The first-order valence-corrected chi connectivity index (χ1v) is 8.25. The normalized spacial score (nSPS) is 15.7. The molecule has 23 heavy (non-hydrogen) atoms. The van der Waals surface area contributed by atoms with Gasteiger partial charge in [-0.1, -0.05) is 0 Å². The number of aryl methyl sites for hydroxylation is 1. The zero-order valence-electron chi connectivity index (χ0n) is 14.0. The summed E-state index contributed by atoms with van der Waals surface area (Å²) in [5.41, 5.74) is 0.723. The van der Waals surface area contributed by atoms with Crippen molar-refractivity contribution in [3.05, 3.63) is 22.6 Å². The van der Waals surface area contributed by atoms with Crippen LogP contribution in [0, 0.1) is 5.92 Å². The Hall–Kier alpha value is -1.89. The van der Waals surface area contributed by atoms with Gasteiger partial charge in [0, 0.05) is 51.9 Å². The lowest BCUT2D eigenvalue weighted by Gasteiger charge is -2.32. The minimum Gasteiger partial charge on any atom is -0.382 e. The molecule has 128 valence electrons. The number of rotatable bonds is 7. The number of hydrogen-bond acceptors (Lipinski definition) is 5. The van der Waals surface area contributed by atoms with Crippen molar-refractivity contribution in [3.8, 4) is 0 Å². The Morgan fingerprint density at radius 3 is 2.83 bits per heavy atom. The number of aromatic nitrogens is 2. The molecule has 1 aliphatic heterocycles. The second-order valence-corrected chi connectivity index (χ2v) is 5.78. The van der Waals surface area contributed by atoms with Gasteiger partial charge in [-0.25, -0.2) is 4.68 Å². The minimum atomic E-state index is -0.114. The summed E-state index contributed by atoms with van der Waals surface area (Å²) in [7, 11) is 1.63. The number of nitrogens with zero attached hydrogens (tertiary/aromatic N) is 3. The van der Waals surface area contributed by atoms with E-state index in [1.54, 1.807) is 19.3 Å². The van der Waals surface area contributed by atoms with Gasteiger partial charge in [-0.3, -0.25) is 9.59 Å². The molecule has 0 radical (unpaired) electrons. The van der Waals surface area contributed by atoms with Crippen LogP contribution in [-0.2, 0) is 16.6 Å². The maximum atomic E-state index is 12.1. The summed E-state index contributed by atoms with van der Waals surface area (Å²) in [5.74, 6) is 0.182. The maximum absolute atomic E-state index is 12.1. The van der Waals surface area contributed by atoms with Crippen LogP contribution < -0.4 is 15.8 Å². The summed E-state index contributed by atoms with van der Waals surface area (Å²) < 4.78 is 6.56. The van der Waals surface area contributed by atoms with Crippen LogP contribution in [0.5, 0.6) is 0 Å². The standard InChI is InChI=1S/C16H26N4O3/c1-3-23-10-4-7-17-16(22)13-5-8-20(9-6-13)14-11-15(21)19(2)18-12-14/h11-13H,3-10H2,1-2H3,(H,17,22). The number of ether oxygens (including phenoxy) is 1. The van der Waals surface area contributed by atoms with Crippen LogP contribution in [0.4, 0.5) is 5.69 Å². The highest BCUT2D eigenvalue weighted by atomic mass is 16.5. The van der Waals surface area contributed by atoms with Crippen LogP contribution in [0.25, 0.3) is 0 Å². The van der Waals surface area contributed by atoms with Crippen LogP contribution in [0.3, 0.4) is 0 Å². The molecule has 2 heterocycles. The fourth-order valence-electron chi connectivity index (χ4n) is 2.71. The first kappa shape index (κ1) is 17.5. The van der Waals surface area contributed by atoms with E-state index < -0.39 is 0 Å². The molecule has 7 heteroatoms. The molecule has 1 aliphatic rings. The average molecular weight is 322 g/mol. The molecule has 1 saturated heterocycles. The topological polar surface area (TPSA) is 76.5 Å². The van der Waals surface area contributed by atoms with E-state index in [2.05, 4.69) is 15.3 Å². The number of piperidine rings is 1. The van der Waals surface area contributed by atoms with Crippen molar-refractivity contribution in [1.82, 2.24) is 15.1 Å². The molecule has 1 N–H and O–H groups in total. The smallest absolute Gasteiger partial charge is 0.268 e. The predicted molar refractivity (Wildman–Crippen MR) is 88.5 cm³/mol. The molecule has 1 fully saturated rings. The summed E-state index contributed by atoms with van der Waals surface area (Å²) in [6, 6.07) is 1.60. The van der Waals surface area contributed by atoms with E-state index in [4.69, 9.17) is 4.74 Å². The van der Waals surface area contributed by atoms with Crippen LogP contribution in [-0.4, -0.2) is 48.5 Å². The molecule has 0 bridgehead atoms. The van der Waals surface area contributed by atoms with Gasteiger partial charge in [0.1, 0.15) is 0 Å². The van der Waals surface area contributed by atoms with Gasteiger partial charge < -0.3 is 15.0 Å². The second kappa shape index (κ2) is 8.67. The Bertz CT molecular complexity index is 565. The Labute approximate surface area is 136 Å². The third-order valence-electron chi connectivity index (χ3n) is 4.15. The maximum Gasteiger partial charge on any atom is 0.268 e. The molecule has 0 aliphatic carbocycles. The molecule has 1 aromatic heterocycles. The number of hydrogen-bond donors (Lipinski definition) is 1. The van der Waals surface area contributed by atoms with Crippen molar-refractivity contribution in [1.29, 1.82) is 0 Å². The molecular weight excluding hydrogens is 296 g/mol. The van der Waals surface area contributed by atoms with Crippen LogP contribution in [0.2, 0.25) is 0 Å². The number of anilines is 1. The van der Waals surface area contributed by atoms with Gasteiger partial charge in [-0.2, -0.15) is 5.10 Å². The Morgan fingerprint density at radius 2 is 2.17 bits per heavy atom. The first-order valence-electron chi connectivity index (χ1n) is 8.25. The largest absolute Gasteiger partial charge is 0.382 e. The SMILES string of the molecule is CCOCCCNC(=O)C1CCN(c2cnn(C)c(=O)c2)CC1. The third kappa shape index (κ3) is 5.06. The summed E-state index contributed by atoms with van der Waals surface area (Å²) in [5, 5.41) is 7.02. The fourth-order valence-corrected chi connectivity index (χ4v) is 2.71. The molecule has 1 amide bonds.